The number of hydrogen-bond acceptors (Lipinski definition) is 6. The van der Waals surface area contributed by atoms with Crippen LogP contribution in [-0.4, -0.2) is 24.3 Å². The van der Waals surface area contributed by atoms with Gasteiger partial charge < -0.3 is 19.9 Å². The van der Waals surface area contributed by atoms with E-state index in [0.717, 1.165) is 0 Å². The second-order valence-electron chi connectivity index (χ2n) is 5.60. The number of hydrogen-bond donors (Lipinski definition) is 1. The van der Waals surface area contributed by atoms with Gasteiger partial charge in [-0.15, -0.1) is 0 Å². The van der Waals surface area contributed by atoms with Crippen LogP contribution in [0.1, 0.15) is 39.3 Å². The van der Waals surface area contributed by atoms with Gasteiger partial charge in [0.25, 0.3) is 0 Å². The zero-order valence-electron chi connectivity index (χ0n) is 13.0. The Kier molecular flexibility index (Phi) is 6.37. The molecule has 0 amide bonds. The molecule has 0 aliphatic heterocycles. The van der Waals surface area contributed by atoms with Gasteiger partial charge in [0, 0.05) is 6.92 Å². The summed E-state index contributed by atoms with van der Waals surface area (Å²) in [4.78, 5) is 22.6. The second-order valence-corrected chi connectivity index (χ2v) is 6.45. The monoisotopic (exact) mass is 373 g/mol. The predicted molar refractivity (Wildman–Crippen MR) is 84.2 cm³/mol. The van der Waals surface area contributed by atoms with Crippen molar-refractivity contribution in [3.05, 3.63) is 28.2 Å². The van der Waals surface area contributed by atoms with Gasteiger partial charge in [-0.05, 0) is 54.4 Å². The standard InChI is InChI=1S/C15H20BrNO5/c1-9(18)20-8-21-12-6-5-10(7-11(12)16)13(17)14(19)22-15(2,3)4/h5-7,13H,8,17H2,1-4H3. The van der Waals surface area contributed by atoms with Crippen LogP contribution in [0.25, 0.3) is 0 Å². The minimum Gasteiger partial charge on any atom is -0.459 e. The number of carbonyl (C=O) groups is 2. The van der Waals surface area contributed by atoms with Crippen LogP contribution < -0.4 is 10.5 Å². The summed E-state index contributed by atoms with van der Waals surface area (Å²) in [6.45, 7) is 6.44. The Morgan fingerprint density at radius 2 is 1.95 bits per heavy atom. The average Bonchev–Trinajstić information content (AvgIpc) is 2.37. The third-order valence-electron chi connectivity index (χ3n) is 2.45. The highest BCUT2D eigenvalue weighted by molar-refractivity contribution is 9.10. The molecule has 1 rings (SSSR count). The van der Waals surface area contributed by atoms with Crippen LogP contribution in [0.4, 0.5) is 0 Å². The lowest BCUT2D eigenvalue weighted by Gasteiger charge is -2.22. The van der Waals surface area contributed by atoms with Crippen molar-refractivity contribution >= 4 is 27.9 Å². The molecule has 1 aromatic rings. The molecular formula is C15H20BrNO5. The van der Waals surface area contributed by atoms with Crippen molar-refractivity contribution < 1.29 is 23.8 Å². The summed E-state index contributed by atoms with van der Waals surface area (Å²) in [5.41, 5.74) is 5.89. The first kappa shape index (κ1) is 18.4. The summed E-state index contributed by atoms with van der Waals surface area (Å²) in [6.07, 6.45) is 0. The quantitative estimate of drug-likeness (QED) is 0.630. The first-order chi connectivity index (χ1) is 10.1. The number of benzene rings is 1. The van der Waals surface area contributed by atoms with E-state index >= 15 is 0 Å². The van der Waals surface area contributed by atoms with Crippen molar-refractivity contribution in [3.8, 4) is 5.75 Å². The maximum Gasteiger partial charge on any atom is 0.328 e. The fourth-order valence-corrected chi connectivity index (χ4v) is 2.02. The van der Waals surface area contributed by atoms with Crippen molar-refractivity contribution in [3.63, 3.8) is 0 Å². The Bertz CT molecular complexity index is 553. The zero-order chi connectivity index (χ0) is 16.9. The van der Waals surface area contributed by atoms with Crippen LogP contribution in [0.2, 0.25) is 0 Å². The Balaban J connectivity index is 2.75. The molecule has 0 radical (unpaired) electrons. The minimum absolute atomic E-state index is 0.189. The SMILES string of the molecule is CC(=O)OCOc1ccc(C(N)C(=O)OC(C)(C)C)cc1Br. The first-order valence-corrected chi connectivity index (χ1v) is 7.43. The molecule has 2 N–H and O–H groups in total. The van der Waals surface area contributed by atoms with Gasteiger partial charge in [0.1, 0.15) is 17.4 Å². The molecule has 0 aromatic heterocycles. The highest BCUT2D eigenvalue weighted by atomic mass is 79.9. The molecule has 0 fully saturated rings. The number of nitrogens with two attached hydrogens (primary N) is 1. The third-order valence-corrected chi connectivity index (χ3v) is 3.07. The fourth-order valence-electron chi connectivity index (χ4n) is 1.50. The lowest BCUT2D eigenvalue weighted by molar-refractivity contribution is -0.156. The average molecular weight is 374 g/mol. The molecule has 0 saturated carbocycles. The van der Waals surface area contributed by atoms with Crippen molar-refractivity contribution in [2.24, 2.45) is 5.73 Å². The van der Waals surface area contributed by atoms with Gasteiger partial charge in [0.2, 0.25) is 6.79 Å². The van der Waals surface area contributed by atoms with Gasteiger partial charge in [-0.3, -0.25) is 4.79 Å². The second kappa shape index (κ2) is 7.60. The minimum atomic E-state index is -0.891. The van der Waals surface area contributed by atoms with E-state index in [-0.39, 0.29) is 6.79 Å². The summed E-state index contributed by atoms with van der Waals surface area (Å²) in [5.74, 6) is -0.464. The van der Waals surface area contributed by atoms with Crippen LogP contribution in [0, 0.1) is 0 Å². The molecule has 0 heterocycles. The molecule has 0 spiro atoms. The van der Waals surface area contributed by atoms with Crippen LogP contribution in [0.15, 0.2) is 22.7 Å². The van der Waals surface area contributed by atoms with Gasteiger partial charge in [0.05, 0.1) is 4.47 Å². The van der Waals surface area contributed by atoms with Gasteiger partial charge in [-0.1, -0.05) is 6.07 Å². The van der Waals surface area contributed by atoms with Gasteiger partial charge in [0.15, 0.2) is 0 Å². The van der Waals surface area contributed by atoms with Gasteiger partial charge in [-0.25, -0.2) is 4.79 Å². The molecule has 22 heavy (non-hydrogen) atoms. The maximum absolute atomic E-state index is 12.0. The van der Waals surface area contributed by atoms with E-state index < -0.39 is 23.6 Å². The van der Waals surface area contributed by atoms with E-state index in [9.17, 15) is 9.59 Å². The van der Waals surface area contributed by atoms with Crippen LogP contribution in [0.3, 0.4) is 0 Å². The molecule has 0 bridgehead atoms. The topological polar surface area (TPSA) is 87.9 Å². The first-order valence-electron chi connectivity index (χ1n) is 6.64. The molecule has 0 aliphatic carbocycles. The number of ether oxygens (including phenoxy) is 3. The van der Waals surface area contributed by atoms with Gasteiger partial charge in [-0.2, -0.15) is 0 Å². The summed E-state index contributed by atoms with van der Waals surface area (Å²) < 4.78 is 15.8. The Labute approximate surface area is 138 Å². The van der Waals surface area contributed by atoms with Crippen molar-refractivity contribution in [1.29, 1.82) is 0 Å². The van der Waals surface area contributed by atoms with Crippen LogP contribution in [-0.2, 0) is 19.1 Å². The Morgan fingerprint density at radius 1 is 1.32 bits per heavy atom. The van der Waals surface area contributed by atoms with Crippen LogP contribution >= 0.6 is 15.9 Å². The van der Waals surface area contributed by atoms with Crippen molar-refractivity contribution in [1.82, 2.24) is 0 Å². The van der Waals surface area contributed by atoms with Gasteiger partial charge >= 0.3 is 11.9 Å². The summed E-state index contributed by atoms with van der Waals surface area (Å²) in [5, 5.41) is 0. The lowest BCUT2D eigenvalue weighted by atomic mass is 10.1. The smallest absolute Gasteiger partial charge is 0.328 e. The van der Waals surface area contributed by atoms with E-state index in [4.69, 9.17) is 19.9 Å². The number of rotatable bonds is 5. The molecule has 1 unspecified atom stereocenters. The molecule has 0 saturated heterocycles. The molecular weight excluding hydrogens is 354 g/mol. The van der Waals surface area contributed by atoms with E-state index in [0.29, 0.717) is 15.8 Å². The van der Waals surface area contributed by atoms with E-state index in [1.165, 1.54) is 6.92 Å². The fraction of sp³-hybridized carbons (Fsp3) is 0.467. The lowest BCUT2D eigenvalue weighted by Crippen LogP contribution is -2.31. The van der Waals surface area contributed by atoms with E-state index in [1.54, 1.807) is 39.0 Å². The molecule has 122 valence electrons. The van der Waals surface area contributed by atoms with Crippen molar-refractivity contribution in [2.75, 3.05) is 6.79 Å². The number of esters is 2. The zero-order valence-corrected chi connectivity index (χ0v) is 14.6. The third kappa shape index (κ3) is 6.03. The summed E-state index contributed by atoms with van der Waals surface area (Å²) in [6, 6.07) is 4.06. The Morgan fingerprint density at radius 3 is 2.45 bits per heavy atom. The molecule has 0 aliphatic rings. The summed E-state index contributed by atoms with van der Waals surface area (Å²) >= 11 is 3.32. The normalized spacial score (nSPS) is 12.5. The summed E-state index contributed by atoms with van der Waals surface area (Å²) in [7, 11) is 0. The molecule has 6 nitrogen and oxygen atoms in total. The number of carbonyl (C=O) groups excluding carboxylic acids is 2. The molecule has 1 atom stereocenters. The van der Waals surface area contributed by atoms with E-state index in [2.05, 4.69) is 15.9 Å². The largest absolute Gasteiger partial charge is 0.459 e. The number of halogens is 1. The van der Waals surface area contributed by atoms with Crippen molar-refractivity contribution in [2.45, 2.75) is 39.3 Å². The highest BCUT2D eigenvalue weighted by Gasteiger charge is 2.24. The maximum atomic E-state index is 12.0. The molecule has 7 heteroatoms. The van der Waals surface area contributed by atoms with Crippen LogP contribution in [0.5, 0.6) is 5.75 Å². The van der Waals surface area contributed by atoms with E-state index in [1.807, 2.05) is 0 Å². The predicted octanol–water partition coefficient (Wildman–Crippen LogP) is 2.69. The highest BCUT2D eigenvalue weighted by Crippen LogP contribution is 2.28. The Hall–Kier alpha value is -1.60. The molecule has 1 aromatic carbocycles.